The Balaban J connectivity index is 1.18. The standard InChI is InChI=1S/C46H30N2/c1-2-12-31(13-3-1)34-17-8-18-35(28-34)36-19-9-20-37(29-36)38-21-10-22-39(30-38)46-47-44-41-24-7-5-15-33(41)26-27-43(44)45(48-46)42-25-11-16-32-14-4-6-23-40(32)42/h1-30H. The van der Waals surface area contributed by atoms with Crippen molar-refractivity contribution in [2.45, 2.75) is 0 Å². The number of aromatic nitrogens is 2. The van der Waals surface area contributed by atoms with Crippen LogP contribution in [0.1, 0.15) is 0 Å². The number of nitrogens with zero attached hydrogens (tertiary/aromatic N) is 2. The van der Waals surface area contributed by atoms with E-state index in [4.69, 9.17) is 9.97 Å². The van der Waals surface area contributed by atoms with Crippen molar-refractivity contribution in [2.75, 3.05) is 0 Å². The Morgan fingerprint density at radius 1 is 0.292 bits per heavy atom. The van der Waals surface area contributed by atoms with Crippen molar-refractivity contribution < 1.29 is 0 Å². The second-order valence-corrected chi connectivity index (χ2v) is 12.2. The van der Waals surface area contributed by atoms with E-state index in [0.717, 1.165) is 50.1 Å². The van der Waals surface area contributed by atoms with Crippen molar-refractivity contribution in [3.63, 3.8) is 0 Å². The minimum Gasteiger partial charge on any atom is -0.227 e. The summed E-state index contributed by atoms with van der Waals surface area (Å²) in [6.45, 7) is 0. The summed E-state index contributed by atoms with van der Waals surface area (Å²) in [6, 6.07) is 64.5. The highest BCUT2D eigenvalue weighted by Gasteiger charge is 2.16. The molecule has 0 fully saturated rings. The Hall–Kier alpha value is -6.38. The molecule has 0 atom stereocenters. The summed E-state index contributed by atoms with van der Waals surface area (Å²) in [5.74, 6) is 0.718. The van der Waals surface area contributed by atoms with Crippen LogP contribution in [0.15, 0.2) is 182 Å². The number of fused-ring (bicyclic) bond motifs is 4. The Labute approximate surface area is 279 Å². The van der Waals surface area contributed by atoms with Gasteiger partial charge in [0.15, 0.2) is 5.82 Å². The molecule has 0 saturated heterocycles. The van der Waals surface area contributed by atoms with Gasteiger partial charge in [-0.3, -0.25) is 0 Å². The van der Waals surface area contributed by atoms with Gasteiger partial charge in [-0.2, -0.15) is 0 Å². The summed E-state index contributed by atoms with van der Waals surface area (Å²) >= 11 is 0. The third-order valence-electron chi connectivity index (χ3n) is 9.26. The summed E-state index contributed by atoms with van der Waals surface area (Å²) in [7, 11) is 0. The zero-order chi connectivity index (χ0) is 31.9. The predicted octanol–water partition coefficient (Wildman–Crippen LogP) is 12.3. The summed E-state index contributed by atoms with van der Waals surface area (Å²) in [5, 5.41) is 5.72. The van der Waals surface area contributed by atoms with E-state index >= 15 is 0 Å². The third-order valence-corrected chi connectivity index (χ3v) is 9.26. The lowest BCUT2D eigenvalue weighted by Gasteiger charge is -2.14. The van der Waals surface area contributed by atoms with Gasteiger partial charge in [0.2, 0.25) is 0 Å². The van der Waals surface area contributed by atoms with Gasteiger partial charge in [-0.05, 0) is 73.8 Å². The zero-order valence-electron chi connectivity index (χ0n) is 26.2. The molecule has 0 amide bonds. The van der Waals surface area contributed by atoms with Gasteiger partial charge in [-0.1, -0.05) is 158 Å². The lowest BCUT2D eigenvalue weighted by Crippen LogP contribution is -1.97. The molecular formula is C46H30N2. The van der Waals surface area contributed by atoms with E-state index < -0.39 is 0 Å². The summed E-state index contributed by atoms with van der Waals surface area (Å²) in [6.07, 6.45) is 0. The van der Waals surface area contributed by atoms with E-state index in [0.29, 0.717) is 0 Å². The lowest BCUT2D eigenvalue weighted by atomic mass is 9.95. The minimum absolute atomic E-state index is 0.718. The van der Waals surface area contributed by atoms with Gasteiger partial charge in [0.25, 0.3) is 0 Å². The summed E-state index contributed by atoms with van der Waals surface area (Å²) in [4.78, 5) is 10.6. The highest BCUT2D eigenvalue weighted by Crippen LogP contribution is 2.37. The first-order valence-electron chi connectivity index (χ1n) is 16.3. The SMILES string of the molecule is c1ccc(-c2cccc(-c3cccc(-c4cccc(-c5nc(-c6cccc7ccccc67)c6ccc7ccccc7c6n5)c4)c3)c2)cc1. The molecule has 2 nitrogen and oxygen atoms in total. The smallest absolute Gasteiger partial charge is 0.160 e. The van der Waals surface area contributed by atoms with Crippen LogP contribution in [0.4, 0.5) is 0 Å². The van der Waals surface area contributed by atoms with Gasteiger partial charge in [0, 0.05) is 21.9 Å². The minimum atomic E-state index is 0.718. The fourth-order valence-corrected chi connectivity index (χ4v) is 6.86. The van der Waals surface area contributed by atoms with E-state index in [1.165, 1.54) is 38.4 Å². The molecule has 48 heavy (non-hydrogen) atoms. The molecule has 0 saturated carbocycles. The van der Waals surface area contributed by atoms with Gasteiger partial charge >= 0.3 is 0 Å². The van der Waals surface area contributed by atoms with Gasteiger partial charge in [0.05, 0.1) is 11.2 Å². The van der Waals surface area contributed by atoms with Crippen molar-refractivity contribution in [1.29, 1.82) is 0 Å². The van der Waals surface area contributed by atoms with E-state index in [-0.39, 0.29) is 0 Å². The molecule has 0 bridgehead atoms. The molecule has 0 aliphatic rings. The summed E-state index contributed by atoms with van der Waals surface area (Å²) < 4.78 is 0. The second kappa shape index (κ2) is 11.8. The maximum Gasteiger partial charge on any atom is 0.160 e. The van der Waals surface area contributed by atoms with E-state index in [1.807, 2.05) is 0 Å². The van der Waals surface area contributed by atoms with E-state index in [9.17, 15) is 0 Å². The highest BCUT2D eigenvalue weighted by molar-refractivity contribution is 6.12. The molecule has 8 aromatic carbocycles. The van der Waals surface area contributed by atoms with Gasteiger partial charge in [0.1, 0.15) is 0 Å². The average Bonchev–Trinajstić information content (AvgIpc) is 3.17. The average molecular weight is 611 g/mol. The van der Waals surface area contributed by atoms with Crippen LogP contribution in [0.25, 0.3) is 88.5 Å². The topological polar surface area (TPSA) is 25.8 Å². The maximum atomic E-state index is 5.33. The first-order valence-corrected chi connectivity index (χ1v) is 16.3. The van der Waals surface area contributed by atoms with Gasteiger partial charge in [-0.25, -0.2) is 9.97 Å². The molecule has 9 rings (SSSR count). The molecular weight excluding hydrogens is 581 g/mol. The molecule has 2 heteroatoms. The third kappa shape index (κ3) is 5.01. The number of benzene rings is 8. The number of hydrogen-bond acceptors (Lipinski definition) is 2. The molecule has 224 valence electrons. The van der Waals surface area contributed by atoms with Crippen LogP contribution >= 0.6 is 0 Å². The first kappa shape index (κ1) is 27.9. The molecule has 0 aliphatic heterocycles. The van der Waals surface area contributed by atoms with Crippen molar-refractivity contribution >= 4 is 32.4 Å². The Kier molecular flexibility index (Phi) is 6.84. The van der Waals surface area contributed by atoms with E-state index in [1.54, 1.807) is 0 Å². The molecule has 9 aromatic rings. The van der Waals surface area contributed by atoms with Crippen molar-refractivity contribution in [3.8, 4) is 56.0 Å². The molecule has 1 aromatic heterocycles. The fraction of sp³-hybridized carbons (Fsp3) is 0. The molecule has 0 unspecified atom stereocenters. The van der Waals surface area contributed by atoms with Crippen molar-refractivity contribution in [1.82, 2.24) is 9.97 Å². The van der Waals surface area contributed by atoms with E-state index in [2.05, 4.69) is 182 Å². The predicted molar refractivity (Wildman–Crippen MR) is 202 cm³/mol. The largest absolute Gasteiger partial charge is 0.227 e. The summed E-state index contributed by atoms with van der Waals surface area (Å²) in [5.41, 5.74) is 11.1. The van der Waals surface area contributed by atoms with Crippen LogP contribution in [0.5, 0.6) is 0 Å². The van der Waals surface area contributed by atoms with Crippen LogP contribution < -0.4 is 0 Å². The molecule has 1 heterocycles. The fourth-order valence-electron chi connectivity index (χ4n) is 6.86. The zero-order valence-corrected chi connectivity index (χ0v) is 26.2. The second-order valence-electron chi connectivity index (χ2n) is 12.2. The quantitative estimate of drug-likeness (QED) is 0.181. The molecule has 0 radical (unpaired) electrons. The van der Waals surface area contributed by atoms with Crippen molar-refractivity contribution in [3.05, 3.63) is 182 Å². The van der Waals surface area contributed by atoms with Crippen LogP contribution in [0.3, 0.4) is 0 Å². The van der Waals surface area contributed by atoms with Crippen LogP contribution in [-0.2, 0) is 0 Å². The Morgan fingerprint density at radius 2 is 0.771 bits per heavy atom. The highest BCUT2D eigenvalue weighted by atomic mass is 14.9. The Morgan fingerprint density at radius 3 is 1.46 bits per heavy atom. The van der Waals surface area contributed by atoms with Crippen molar-refractivity contribution in [2.24, 2.45) is 0 Å². The molecule has 0 spiro atoms. The maximum absolute atomic E-state index is 5.33. The van der Waals surface area contributed by atoms with Gasteiger partial charge in [-0.15, -0.1) is 0 Å². The first-order chi connectivity index (χ1) is 23.8. The van der Waals surface area contributed by atoms with Crippen LogP contribution in [-0.4, -0.2) is 9.97 Å². The number of hydrogen-bond donors (Lipinski definition) is 0. The van der Waals surface area contributed by atoms with Crippen LogP contribution in [0, 0.1) is 0 Å². The molecule has 0 aliphatic carbocycles. The van der Waals surface area contributed by atoms with Crippen LogP contribution in [0.2, 0.25) is 0 Å². The number of rotatable bonds is 5. The monoisotopic (exact) mass is 610 g/mol. The lowest BCUT2D eigenvalue weighted by molar-refractivity contribution is 1.24. The molecule has 0 N–H and O–H groups in total. The van der Waals surface area contributed by atoms with Gasteiger partial charge < -0.3 is 0 Å². The normalized spacial score (nSPS) is 11.3. The Bertz CT molecular complexity index is 2610.